The first-order chi connectivity index (χ1) is 9.74. The van der Waals surface area contributed by atoms with E-state index < -0.39 is 30.0 Å². The molecule has 0 aliphatic heterocycles. The molecule has 1 aromatic rings. The van der Waals surface area contributed by atoms with Crippen molar-refractivity contribution in [2.45, 2.75) is 65.3 Å². The lowest BCUT2D eigenvalue weighted by Crippen LogP contribution is -2.54. The molecule has 124 valence electrons. The molecule has 8 heteroatoms. The quantitative estimate of drug-likeness (QED) is 0.803. The molecule has 0 aliphatic carbocycles. The zero-order valence-corrected chi connectivity index (χ0v) is 14.2. The molecule has 0 radical (unpaired) electrons. The van der Waals surface area contributed by atoms with E-state index in [1.54, 1.807) is 48.5 Å². The van der Waals surface area contributed by atoms with Crippen LogP contribution in [-0.4, -0.2) is 49.9 Å². The van der Waals surface area contributed by atoms with Gasteiger partial charge in [0.25, 0.3) is 0 Å². The average Bonchev–Trinajstić information content (AvgIpc) is 2.72. The highest BCUT2D eigenvalue weighted by Crippen LogP contribution is 2.25. The summed E-state index contributed by atoms with van der Waals surface area (Å²) in [6.07, 6.45) is 0.652. The maximum Gasteiger partial charge on any atom is 0.511 e. The van der Waals surface area contributed by atoms with E-state index in [4.69, 9.17) is 9.39 Å². The van der Waals surface area contributed by atoms with Crippen molar-refractivity contribution in [1.82, 2.24) is 9.78 Å². The molecule has 0 amide bonds. The van der Waals surface area contributed by atoms with E-state index in [0.717, 1.165) is 4.68 Å². The van der Waals surface area contributed by atoms with Gasteiger partial charge in [-0.3, -0.25) is 0 Å². The molecule has 0 spiro atoms. The molecule has 0 saturated heterocycles. The van der Waals surface area contributed by atoms with Crippen molar-refractivity contribution in [2.75, 3.05) is 0 Å². The first-order valence-electron chi connectivity index (χ1n) is 7.10. The van der Waals surface area contributed by atoms with E-state index >= 15 is 0 Å². The van der Waals surface area contributed by atoms with E-state index in [0.29, 0.717) is 0 Å². The number of aliphatic hydroxyl groups is 1. The normalized spacial score (nSPS) is 13.1. The largest absolute Gasteiger partial charge is 0.511 e. The molecule has 0 aliphatic rings. The SMILES string of the molecule is CC(C)(C)OC(=O)n1nccc1B(O)OC(C)(C)C(C)(C)O. The Morgan fingerprint density at radius 2 is 1.77 bits per heavy atom. The Kier molecular flexibility index (Phi) is 5.11. The van der Waals surface area contributed by atoms with Gasteiger partial charge in [-0.05, 0) is 54.5 Å². The molecular weight excluding hydrogens is 287 g/mol. The molecule has 22 heavy (non-hydrogen) atoms. The van der Waals surface area contributed by atoms with E-state index in [9.17, 15) is 14.9 Å². The van der Waals surface area contributed by atoms with Gasteiger partial charge in [0.2, 0.25) is 0 Å². The first-order valence-corrected chi connectivity index (χ1v) is 7.10. The highest BCUT2D eigenvalue weighted by atomic mass is 16.6. The molecule has 0 atom stereocenters. The lowest BCUT2D eigenvalue weighted by Gasteiger charge is -2.38. The van der Waals surface area contributed by atoms with E-state index in [2.05, 4.69) is 5.10 Å². The van der Waals surface area contributed by atoms with Crippen LogP contribution < -0.4 is 5.59 Å². The smallest absolute Gasteiger partial charge is 0.442 e. The van der Waals surface area contributed by atoms with Gasteiger partial charge in [0, 0.05) is 6.20 Å². The second kappa shape index (κ2) is 6.02. The summed E-state index contributed by atoms with van der Waals surface area (Å²) in [6, 6.07) is 1.45. The molecule has 2 N–H and O–H groups in total. The van der Waals surface area contributed by atoms with Gasteiger partial charge in [-0.1, -0.05) is 0 Å². The van der Waals surface area contributed by atoms with Crippen LogP contribution in [0.25, 0.3) is 0 Å². The Hall–Kier alpha value is -1.38. The maximum absolute atomic E-state index is 12.1. The molecular formula is C14H25BN2O5. The fourth-order valence-electron chi connectivity index (χ4n) is 1.44. The molecule has 0 saturated carbocycles. The van der Waals surface area contributed by atoms with Gasteiger partial charge in [0.1, 0.15) is 5.60 Å². The van der Waals surface area contributed by atoms with Crippen LogP contribution in [0.1, 0.15) is 48.5 Å². The standard InChI is InChI=1S/C14H25BN2O5/c1-12(2,3)21-11(18)17-10(8-9-16-17)15(20)22-14(6,7)13(4,5)19/h8-9,19-20H,1-7H3. The van der Waals surface area contributed by atoms with Gasteiger partial charge in [0.05, 0.1) is 16.8 Å². The number of carbonyl (C=O) groups excluding carboxylic acids is 1. The number of aromatic nitrogens is 2. The Balaban J connectivity index is 2.96. The number of rotatable bonds is 4. The zero-order valence-electron chi connectivity index (χ0n) is 14.2. The molecule has 0 fully saturated rings. The zero-order chi connectivity index (χ0) is 17.3. The second-order valence-electron chi connectivity index (χ2n) is 7.19. The predicted molar refractivity (Wildman–Crippen MR) is 82.9 cm³/mol. The summed E-state index contributed by atoms with van der Waals surface area (Å²) in [4.78, 5) is 12.1. The maximum atomic E-state index is 12.1. The van der Waals surface area contributed by atoms with Gasteiger partial charge < -0.3 is 19.5 Å². The summed E-state index contributed by atoms with van der Waals surface area (Å²) in [5.41, 5.74) is -2.79. The topological polar surface area (TPSA) is 93.8 Å². The lowest BCUT2D eigenvalue weighted by atomic mass is 9.80. The number of carbonyl (C=O) groups is 1. The average molecular weight is 312 g/mol. The van der Waals surface area contributed by atoms with Crippen LogP contribution in [0, 0.1) is 0 Å². The van der Waals surface area contributed by atoms with Crippen molar-refractivity contribution in [1.29, 1.82) is 0 Å². The Morgan fingerprint density at radius 1 is 1.23 bits per heavy atom. The molecule has 1 rings (SSSR count). The van der Waals surface area contributed by atoms with Crippen LogP contribution in [0.5, 0.6) is 0 Å². The monoisotopic (exact) mass is 312 g/mol. The van der Waals surface area contributed by atoms with Crippen molar-refractivity contribution in [3.05, 3.63) is 12.3 Å². The summed E-state index contributed by atoms with van der Waals surface area (Å²) in [6.45, 7) is 11.6. The van der Waals surface area contributed by atoms with Gasteiger partial charge in [0.15, 0.2) is 0 Å². The third-order valence-corrected chi connectivity index (χ3v) is 3.37. The Morgan fingerprint density at radius 3 is 2.23 bits per heavy atom. The minimum Gasteiger partial charge on any atom is -0.442 e. The number of hydrogen-bond acceptors (Lipinski definition) is 6. The molecule has 0 bridgehead atoms. The van der Waals surface area contributed by atoms with Crippen LogP contribution in [-0.2, 0) is 9.39 Å². The van der Waals surface area contributed by atoms with Crippen LogP contribution in [0.4, 0.5) is 4.79 Å². The predicted octanol–water partition coefficient (Wildman–Crippen LogP) is 0.920. The summed E-state index contributed by atoms with van der Waals surface area (Å²) in [5, 5.41) is 24.2. The van der Waals surface area contributed by atoms with Gasteiger partial charge in [-0.25, -0.2) is 4.79 Å². The first kappa shape index (κ1) is 18.7. The molecule has 0 aromatic carbocycles. The lowest BCUT2D eigenvalue weighted by molar-refractivity contribution is -0.0984. The van der Waals surface area contributed by atoms with Crippen molar-refractivity contribution < 1.29 is 24.3 Å². The van der Waals surface area contributed by atoms with E-state index in [-0.39, 0.29) is 5.59 Å². The second-order valence-corrected chi connectivity index (χ2v) is 7.19. The number of hydrogen-bond donors (Lipinski definition) is 2. The van der Waals surface area contributed by atoms with Crippen LogP contribution >= 0.6 is 0 Å². The third-order valence-electron chi connectivity index (χ3n) is 3.37. The summed E-state index contributed by atoms with van der Waals surface area (Å²) < 4.78 is 11.7. The minimum atomic E-state index is -1.43. The van der Waals surface area contributed by atoms with Gasteiger partial charge in [-0.2, -0.15) is 9.78 Å². The van der Waals surface area contributed by atoms with Crippen LogP contribution in [0.2, 0.25) is 0 Å². The van der Waals surface area contributed by atoms with Crippen LogP contribution in [0.15, 0.2) is 12.3 Å². The van der Waals surface area contributed by atoms with E-state index in [1.165, 1.54) is 12.3 Å². The highest BCUT2D eigenvalue weighted by Gasteiger charge is 2.41. The van der Waals surface area contributed by atoms with Crippen molar-refractivity contribution >= 4 is 18.8 Å². The van der Waals surface area contributed by atoms with Crippen molar-refractivity contribution in [3.63, 3.8) is 0 Å². The van der Waals surface area contributed by atoms with Crippen molar-refractivity contribution in [3.8, 4) is 0 Å². The van der Waals surface area contributed by atoms with E-state index in [1.807, 2.05) is 0 Å². The number of ether oxygens (including phenoxy) is 1. The summed E-state index contributed by atoms with van der Waals surface area (Å²) >= 11 is 0. The fourth-order valence-corrected chi connectivity index (χ4v) is 1.44. The fraction of sp³-hybridized carbons (Fsp3) is 0.714. The molecule has 7 nitrogen and oxygen atoms in total. The summed E-state index contributed by atoms with van der Waals surface area (Å²) in [5.74, 6) is 0. The molecule has 1 aromatic heterocycles. The Bertz CT molecular complexity index is 528. The highest BCUT2D eigenvalue weighted by molar-refractivity contribution is 6.59. The minimum absolute atomic E-state index is 0.131. The summed E-state index contributed by atoms with van der Waals surface area (Å²) in [7, 11) is -1.43. The number of nitrogens with zero attached hydrogens (tertiary/aromatic N) is 2. The van der Waals surface area contributed by atoms with Crippen LogP contribution in [0.3, 0.4) is 0 Å². The Labute approximate surface area is 131 Å². The van der Waals surface area contributed by atoms with Gasteiger partial charge >= 0.3 is 13.2 Å². The van der Waals surface area contributed by atoms with Gasteiger partial charge in [-0.15, -0.1) is 0 Å². The molecule has 1 heterocycles. The third kappa shape index (κ3) is 4.56. The molecule has 0 unspecified atom stereocenters. The van der Waals surface area contributed by atoms with Crippen molar-refractivity contribution in [2.24, 2.45) is 0 Å².